The van der Waals surface area contributed by atoms with Crippen LogP contribution >= 0.6 is 0 Å². The molecular formula is C10H11NO2. The summed E-state index contributed by atoms with van der Waals surface area (Å²) in [4.78, 5) is 20.7. The third-order valence-electron chi connectivity index (χ3n) is 2.02. The van der Waals surface area contributed by atoms with E-state index < -0.39 is 0 Å². The molecular weight excluding hydrogens is 166 g/mol. The molecule has 0 saturated carbocycles. The summed E-state index contributed by atoms with van der Waals surface area (Å²) in [6, 6.07) is 3.64. The van der Waals surface area contributed by atoms with E-state index in [0.29, 0.717) is 5.56 Å². The number of hydrogen-bond acceptors (Lipinski definition) is 3. The van der Waals surface area contributed by atoms with Gasteiger partial charge >= 0.3 is 0 Å². The molecule has 0 spiro atoms. The van der Waals surface area contributed by atoms with E-state index in [0.717, 1.165) is 23.0 Å². The first-order valence-electron chi connectivity index (χ1n) is 4.03. The average Bonchev–Trinajstić information content (AvgIpc) is 2.04. The van der Waals surface area contributed by atoms with E-state index in [1.807, 2.05) is 26.0 Å². The molecule has 0 fully saturated rings. The molecule has 0 amide bonds. The SMILES string of the molecule is Cc1cc(CN=O)cc(C)c1C=O. The summed E-state index contributed by atoms with van der Waals surface area (Å²) in [5, 5.41) is 2.81. The van der Waals surface area contributed by atoms with Gasteiger partial charge in [-0.3, -0.25) is 4.79 Å². The fourth-order valence-corrected chi connectivity index (χ4v) is 1.42. The molecule has 1 rings (SSSR count). The van der Waals surface area contributed by atoms with E-state index in [2.05, 4.69) is 5.18 Å². The second-order valence-electron chi connectivity index (χ2n) is 3.05. The molecule has 0 heterocycles. The first-order valence-corrected chi connectivity index (χ1v) is 4.03. The molecule has 0 radical (unpaired) electrons. The lowest BCUT2D eigenvalue weighted by Crippen LogP contribution is -1.94. The number of nitrogens with zero attached hydrogens (tertiary/aromatic N) is 1. The van der Waals surface area contributed by atoms with Gasteiger partial charge in [-0.1, -0.05) is 17.3 Å². The Morgan fingerprint density at radius 3 is 2.23 bits per heavy atom. The van der Waals surface area contributed by atoms with Crippen molar-refractivity contribution in [3.05, 3.63) is 39.3 Å². The van der Waals surface area contributed by atoms with Crippen LogP contribution in [0.5, 0.6) is 0 Å². The summed E-state index contributed by atoms with van der Waals surface area (Å²) in [6.07, 6.45) is 0.836. The molecule has 3 nitrogen and oxygen atoms in total. The molecule has 0 aromatic heterocycles. The van der Waals surface area contributed by atoms with Gasteiger partial charge in [0.15, 0.2) is 6.29 Å². The van der Waals surface area contributed by atoms with E-state index in [9.17, 15) is 9.70 Å². The second-order valence-corrected chi connectivity index (χ2v) is 3.05. The van der Waals surface area contributed by atoms with Crippen molar-refractivity contribution in [2.45, 2.75) is 20.4 Å². The highest BCUT2D eigenvalue weighted by atomic mass is 16.3. The number of benzene rings is 1. The van der Waals surface area contributed by atoms with Gasteiger partial charge < -0.3 is 0 Å². The number of aldehydes is 1. The van der Waals surface area contributed by atoms with Crippen molar-refractivity contribution in [3.8, 4) is 0 Å². The number of hydrogen-bond donors (Lipinski definition) is 0. The van der Waals surface area contributed by atoms with Crippen molar-refractivity contribution in [2.24, 2.45) is 5.18 Å². The minimum Gasteiger partial charge on any atom is -0.298 e. The summed E-state index contributed by atoms with van der Waals surface area (Å²) in [5.41, 5.74) is 3.35. The van der Waals surface area contributed by atoms with E-state index >= 15 is 0 Å². The van der Waals surface area contributed by atoms with Crippen LogP contribution in [0.3, 0.4) is 0 Å². The average molecular weight is 177 g/mol. The number of rotatable bonds is 3. The Bertz CT molecular complexity index is 322. The van der Waals surface area contributed by atoms with Gasteiger partial charge in [-0.25, -0.2) is 0 Å². The van der Waals surface area contributed by atoms with Gasteiger partial charge in [0.25, 0.3) is 0 Å². The Balaban J connectivity index is 3.19. The topological polar surface area (TPSA) is 46.5 Å². The van der Waals surface area contributed by atoms with E-state index in [4.69, 9.17) is 0 Å². The van der Waals surface area contributed by atoms with E-state index in [1.54, 1.807) is 0 Å². The molecule has 0 aliphatic carbocycles. The summed E-state index contributed by atoms with van der Waals surface area (Å²) in [7, 11) is 0. The van der Waals surface area contributed by atoms with Gasteiger partial charge in [0, 0.05) is 5.56 Å². The Morgan fingerprint density at radius 2 is 1.85 bits per heavy atom. The molecule has 0 N–H and O–H groups in total. The van der Waals surface area contributed by atoms with Crippen LogP contribution in [0.4, 0.5) is 0 Å². The van der Waals surface area contributed by atoms with Crippen LogP contribution in [0.25, 0.3) is 0 Å². The van der Waals surface area contributed by atoms with Crippen LogP contribution in [0, 0.1) is 18.8 Å². The Kier molecular flexibility index (Phi) is 2.90. The number of nitroso groups, excluding NO2 is 1. The Morgan fingerprint density at radius 1 is 1.31 bits per heavy atom. The molecule has 1 aromatic carbocycles. The van der Waals surface area contributed by atoms with Crippen molar-refractivity contribution in [1.29, 1.82) is 0 Å². The van der Waals surface area contributed by atoms with Crippen molar-refractivity contribution >= 4 is 6.29 Å². The van der Waals surface area contributed by atoms with Crippen molar-refractivity contribution in [1.82, 2.24) is 0 Å². The number of carbonyl (C=O) groups excluding carboxylic acids is 1. The number of carbonyl (C=O) groups is 1. The van der Waals surface area contributed by atoms with Crippen LogP contribution in [-0.4, -0.2) is 6.29 Å². The zero-order chi connectivity index (χ0) is 9.84. The molecule has 68 valence electrons. The maximum absolute atomic E-state index is 10.6. The maximum Gasteiger partial charge on any atom is 0.150 e. The third kappa shape index (κ3) is 1.99. The predicted molar refractivity (Wildman–Crippen MR) is 50.8 cm³/mol. The molecule has 0 aliphatic heterocycles. The summed E-state index contributed by atoms with van der Waals surface area (Å²) >= 11 is 0. The highest BCUT2D eigenvalue weighted by molar-refractivity contribution is 5.79. The first-order chi connectivity index (χ1) is 6.19. The molecule has 13 heavy (non-hydrogen) atoms. The van der Waals surface area contributed by atoms with E-state index in [1.165, 1.54) is 0 Å². The monoisotopic (exact) mass is 177 g/mol. The van der Waals surface area contributed by atoms with E-state index in [-0.39, 0.29) is 6.54 Å². The molecule has 0 aliphatic rings. The molecule has 0 bridgehead atoms. The summed E-state index contributed by atoms with van der Waals surface area (Å²) < 4.78 is 0. The highest BCUT2D eigenvalue weighted by Gasteiger charge is 2.03. The first kappa shape index (κ1) is 9.58. The van der Waals surface area contributed by atoms with Crippen LogP contribution < -0.4 is 0 Å². The number of aryl methyl sites for hydroxylation is 2. The van der Waals surface area contributed by atoms with Crippen LogP contribution in [0.2, 0.25) is 0 Å². The van der Waals surface area contributed by atoms with Gasteiger partial charge in [-0.15, -0.1) is 0 Å². The van der Waals surface area contributed by atoms with Crippen LogP contribution in [0.15, 0.2) is 17.3 Å². The van der Waals surface area contributed by atoms with Gasteiger partial charge in [0.1, 0.15) is 6.54 Å². The lowest BCUT2D eigenvalue weighted by Gasteiger charge is -2.05. The minimum atomic E-state index is 0.167. The normalized spacial score (nSPS) is 9.69. The van der Waals surface area contributed by atoms with Gasteiger partial charge in [0.2, 0.25) is 0 Å². The van der Waals surface area contributed by atoms with Crippen molar-refractivity contribution < 1.29 is 4.79 Å². The lowest BCUT2D eigenvalue weighted by molar-refractivity contribution is 0.112. The zero-order valence-corrected chi connectivity index (χ0v) is 7.70. The van der Waals surface area contributed by atoms with Gasteiger partial charge in [-0.2, -0.15) is 4.91 Å². The summed E-state index contributed by atoms with van der Waals surface area (Å²) in [6.45, 7) is 3.87. The maximum atomic E-state index is 10.6. The highest BCUT2D eigenvalue weighted by Crippen LogP contribution is 2.15. The molecule has 1 aromatic rings. The van der Waals surface area contributed by atoms with Crippen LogP contribution in [0.1, 0.15) is 27.0 Å². The predicted octanol–water partition coefficient (Wildman–Crippen LogP) is 2.38. The standard InChI is InChI=1S/C10H11NO2/c1-7-3-9(5-11-13)4-8(2)10(7)6-12/h3-4,6H,5H2,1-2H3. The van der Waals surface area contributed by atoms with Crippen LogP contribution in [-0.2, 0) is 6.54 Å². The second kappa shape index (κ2) is 3.94. The van der Waals surface area contributed by atoms with Gasteiger partial charge in [0.05, 0.1) is 0 Å². The molecule has 3 heteroatoms. The van der Waals surface area contributed by atoms with Crippen molar-refractivity contribution in [3.63, 3.8) is 0 Å². The zero-order valence-electron chi connectivity index (χ0n) is 7.70. The van der Waals surface area contributed by atoms with Gasteiger partial charge in [-0.05, 0) is 30.5 Å². The smallest absolute Gasteiger partial charge is 0.150 e. The molecule has 0 atom stereocenters. The summed E-state index contributed by atoms with van der Waals surface area (Å²) in [5.74, 6) is 0. The van der Waals surface area contributed by atoms with Crippen molar-refractivity contribution in [2.75, 3.05) is 0 Å². The largest absolute Gasteiger partial charge is 0.298 e. The molecule has 0 unspecified atom stereocenters. The lowest BCUT2D eigenvalue weighted by atomic mass is 10.0. The Hall–Kier alpha value is -1.51. The molecule has 0 saturated heterocycles. The fraction of sp³-hybridized carbons (Fsp3) is 0.300. The quantitative estimate of drug-likeness (QED) is 0.525. The Labute approximate surface area is 76.7 Å². The minimum absolute atomic E-state index is 0.167. The third-order valence-corrected chi connectivity index (χ3v) is 2.02. The fourth-order valence-electron chi connectivity index (χ4n) is 1.42.